The van der Waals surface area contributed by atoms with Crippen molar-refractivity contribution in [2.75, 3.05) is 13.2 Å². The highest BCUT2D eigenvalue weighted by molar-refractivity contribution is 5.25. The number of rotatable bonds is 12. The molecule has 0 saturated heterocycles. The molecule has 3 saturated carbocycles. The van der Waals surface area contributed by atoms with Crippen LogP contribution in [0.15, 0.2) is 11.6 Å². The van der Waals surface area contributed by atoms with Crippen molar-refractivity contribution in [3.8, 4) is 0 Å². The zero-order valence-corrected chi connectivity index (χ0v) is 24.0. The highest BCUT2D eigenvalue weighted by atomic mass is 16.5. The second-order valence-electron chi connectivity index (χ2n) is 14.2. The highest BCUT2D eigenvalue weighted by Gasteiger charge is 2.59. The summed E-state index contributed by atoms with van der Waals surface area (Å²) in [5.41, 5.74) is 2.79. The summed E-state index contributed by atoms with van der Waals surface area (Å²) in [7, 11) is 0. The smallest absolute Gasteiger partial charge is 0.0612 e. The molecular weight excluding hydrogens is 428 g/mol. The number of unbranched alkanes of at least 4 members (excludes halogenated alkanes) is 3. The van der Waals surface area contributed by atoms with Crippen molar-refractivity contribution in [1.82, 2.24) is 0 Å². The zero-order valence-electron chi connectivity index (χ0n) is 24.0. The van der Waals surface area contributed by atoms with Gasteiger partial charge in [0.2, 0.25) is 0 Å². The highest BCUT2D eigenvalue weighted by Crippen LogP contribution is 2.67. The Morgan fingerprint density at radius 1 is 0.914 bits per heavy atom. The lowest BCUT2D eigenvalue weighted by molar-refractivity contribution is -0.0641. The van der Waals surface area contributed by atoms with Gasteiger partial charge in [0.1, 0.15) is 0 Å². The molecule has 8 unspecified atom stereocenters. The fourth-order valence-corrected chi connectivity index (χ4v) is 9.61. The minimum absolute atomic E-state index is 0.330. The van der Waals surface area contributed by atoms with Crippen LogP contribution in [0.4, 0.5) is 0 Å². The topological polar surface area (TPSA) is 29.5 Å². The van der Waals surface area contributed by atoms with Crippen LogP contribution in [0.25, 0.3) is 0 Å². The van der Waals surface area contributed by atoms with E-state index in [-0.39, 0.29) is 0 Å². The number of fused-ring (bicyclic) bond motifs is 5. The van der Waals surface area contributed by atoms with Crippen LogP contribution in [0.1, 0.15) is 131 Å². The molecule has 0 spiro atoms. The Morgan fingerprint density at radius 3 is 2.49 bits per heavy atom. The van der Waals surface area contributed by atoms with Crippen LogP contribution in [0, 0.1) is 46.3 Å². The Labute approximate surface area is 218 Å². The molecule has 2 heteroatoms. The summed E-state index contributed by atoms with van der Waals surface area (Å²) in [5.74, 6) is 5.52. The molecule has 4 aliphatic carbocycles. The van der Waals surface area contributed by atoms with Crippen molar-refractivity contribution in [3.63, 3.8) is 0 Å². The van der Waals surface area contributed by atoms with Crippen LogP contribution in [0.5, 0.6) is 0 Å². The molecule has 0 aromatic rings. The lowest BCUT2D eigenvalue weighted by Crippen LogP contribution is -2.51. The van der Waals surface area contributed by atoms with Gasteiger partial charge in [-0.3, -0.25) is 0 Å². The van der Waals surface area contributed by atoms with E-state index in [9.17, 15) is 0 Å². The fraction of sp³-hybridized carbons (Fsp3) is 0.939. The molecule has 0 aliphatic heterocycles. The van der Waals surface area contributed by atoms with Crippen LogP contribution in [-0.4, -0.2) is 24.4 Å². The Balaban J connectivity index is 1.34. The molecule has 8 atom stereocenters. The molecule has 4 aliphatic rings. The monoisotopic (exact) mass is 486 g/mol. The predicted octanol–water partition coefficient (Wildman–Crippen LogP) is 8.97. The molecule has 202 valence electrons. The minimum Gasteiger partial charge on any atom is -0.396 e. The lowest BCUT2D eigenvalue weighted by Gasteiger charge is -2.58. The van der Waals surface area contributed by atoms with Gasteiger partial charge in [-0.2, -0.15) is 0 Å². The fourth-order valence-electron chi connectivity index (χ4n) is 9.61. The molecule has 1 N–H and O–H groups in total. The summed E-state index contributed by atoms with van der Waals surface area (Å²) in [5, 5.41) is 8.95. The predicted molar refractivity (Wildman–Crippen MR) is 148 cm³/mol. The van der Waals surface area contributed by atoms with Gasteiger partial charge in [-0.15, -0.1) is 0 Å². The summed E-state index contributed by atoms with van der Waals surface area (Å²) in [6, 6.07) is 0. The SMILES string of the molecule is CC(C)CCCC(C)C1CCC2C3CC=C4CC(OCCCCCCO)CCC4(C)C3CCC12C. The molecule has 0 radical (unpaired) electrons. The van der Waals surface area contributed by atoms with E-state index in [4.69, 9.17) is 9.84 Å². The standard InChI is InChI=1S/C33H58O2/c1-24(2)11-10-12-25(3)29-15-16-30-28-14-13-26-23-27(35-22-9-7-6-8-21-34)17-19-32(26,4)31(28)18-20-33(29,30)5/h13,24-25,27-31,34H,6-12,14-23H2,1-5H3. The van der Waals surface area contributed by atoms with Crippen molar-refractivity contribution < 1.29 is 9.84 Å². The molecule has 35 heavy (non-hydrogen) atoms. The summed E-state index contributed by atoms with van der Waals surface area (Å²) in [6.07, 6.45) is 22.9. The van der Waals surface area contributed by atoms with E-state index in [0.717, 1.165) is 61.4 Å². The second kappa shape index (κ2) is 12.0. The minimum atomic E-state index is 0.330. The molecule has 0 aromatic heterocycles. The van der Waals surface area contributed by atoms with Crippen LogP contribution in [0.2, 0.25) is 0 Å². The van der Waals surface area contributed by atoms with Gasteiger partial charge in [-0.1, -0.05) is 78.4 Å². The van der Waals surface area contributed by atoms with E-state index in [2.05, 4.69) is 40.7 Å². The van der Waals surface area contributed by atoms with Crippen molar-refractivity contribution in [2.24, 2.45) is 46.3 Å². The molecular formula is C33H58O2. The quantitative estimate of drug-likeness (QED) is 0.220. The van der Waals surface area contributed by atoms with Crippen LogP contribution >= 0.6 is 0 Å². The van der Waals surface area contributed by atoms with Gasteiger partial charge in [0.25, 0.3) is 0 Å². The Bertz CT molecular complexity index is 697. The van der Waals surface area contributed by atoms with Gasteiger partial charge >= 0.3 is 0 Å². The third-order valence-electron chi connectivity index (χ3n) is 11.7. The Morgan fingerprint density at radius 2 is 1.71 bits per heavy atom. The molecule has 0 amide bonds. The summed E-state index contributed by atoms with van der Waals surface area (Å²) in [4.78, 5) is 0. The average Bonchev–Trinajstić information content (AvgIpc) is 3.18. The molecule has 0 bridgehead atoms. The van der Waals surface area contributed by atoms with Gasteiger partial charge < -0.3 is 9.84 Å². The number of hydrogen-bond donors (Lipinski definition) is 1. The van der Waals surface area contributed by atoms with E-state index < -0.39 is 0 Å². The largest absolute Gasteiger partial charge is 0.396 e. The first-order valence-electron chi connectivity index (χ1n) is 15.7. The lowest BCUT2D eigenvalue weighted by atomic mass is 9.47. The van der Waals surface area contributed by atoms with E-state index in [1.807, 2.05) is 0 Å². The first kappa shape index (κ1) is 27.7. The first-order valence-corrected chi connectivity index (χ1v) is 15.7. The third-order valence-corrected chi connectivity index (χ3v) is 11.7. The van der Waals surface area contributed by atoms with E-state index in [1.165, 1.54) is 77.0 Å². The van der Waals surface area contributed by atoms with Gasteiger partial charge in [-0.05, 0) is 111 Å². The maximum atomic E-state index is 8.95. The van der Waals surface area contributed by atoms with Gasteiger partial charge in [0.05, 0.1) is 6.10 Å². The summed E-state index contributed by atoms with van der Waals surface area (Å²) >= 11 is 0. The van der Waals surface area contributed by atoms with Crippen molar-refractivity contribution in [2.45, 2.75) is 137 Å². The normalized spacial score (nSPS) is 39.6. The van der Waals surface area contributed by atoms with E-state index in [0.29, 0.717) is 23.5 Å². The van der Waals surface area contributed by atoms with Gasteiger partial charge in [0.15, 0.2) is 0 Å². The van der Waals surface area contributed by atoms with Gasteiger partial charge in [-0.25, -0.2) is 0 Å². The zero-order chi connectivity index (χ0) is 25.1. The molecule has 0 aromatic carbocycles. The maximum absolute atomic E-state index is 8.95. The molecule has 0 heterocycles. The van der Waals surface area contributed by atoms with Crippen molar-refractivity contribution >= 4 is 0 Å². The average molecular weight is 487 g/mol. The van der Waals surface area contributed by atoms with Crippen molar-refractivity contribution in [3.05, 3.63) is 11.6 Å². The number of ether oxygens (including phenoxy) is 1. The first-order chi connectivity index (χ1) is 16.8. The maximum Gasteiger partial charge on any atom is 0.0612 e. The number of aliphatic hydroxyl groups excluding tert-OH is 1. The molecule has 4 rings (SSSR count). The van der Waals surface area contributed by atoms with Crippen LogP contribution in [-0.2, 0) is 4.74 Å². The number of allylic oxidation sites excluding steroid dienone is 1. The van der Waals surface area contributed by atoms with Gasteiger partial charge in [0, 0.05) is 13.2 Å². The molecule has 3 fully saturated rings. The third kappa shape index (κ3) is 5.89. The Kier molecular flexibility index (Phi) is 9.51. The summed E-state index contributed by atoms with van der Waals surface area (Å²) in [6.45, 7) is 14.0. The second-order valence-corrected chi connectivity index (χ2v) is 14.2. The Hall–Kier alpha value is -0.340. The van der Waals surface area contributed by atoms with E-state index in [1.54, 1.807) is 5.57 Å². The molecule has 2 nitrogen and oxygen atoms in total. The number of aliphatic hydroxyl groups is 1. The summed E-state index contributed by atoms with van der Waals surface area (Å²) < 4.78 is 6.36. The van der Waals surface area contributed by atoms with Crippen LogP contribution in [0.3, 0.4) is 0 Å². The number of hydrogen-bond acceptors (Lipinski definition) is 2. The van der Waals surface area contributed by atoms with E-state index >= 15 is 0 Å². The van der Waals surface area contributed by atoms with Crippen molar-refractivity contribution in [1.29, 1.82) is 0 Å². The van der Waals surface area contributed by atoms with Crippen LogP contribution < -0.4 is 0 Å².